The summed E-state index contributed by atoms with van der Waals surface area (Å²) in [5, 5.41) is 2.53. The zero-order valence-corrected chi connectivity index (χ0v) is 26.7. The molecule has 2 aromatic carbocycles. The summed E-state index contributed by atoms with van der Waals surface area (Å²) < 4.78 is 84.6. The number of alkyl halides is 3. The number of hydrogen-bond acceptors (Lipinski definition) is 7. The van der Waals surface area contributed by atoms with Gasteiger partial charge in [-0.25, -0.2) is 22.8 Å². The number of nitrogens with one attached hydrogen (secondary N) is 1. The average Bonchev–Trinajstić information content (AvgIpc) is 3.90. The lowest BCUT2D eigenvalue weighted by Gasteiger charge is -2.45. The maximum Gasteiger partial charge on any atom is 0.418 e. The van der Waals surface area contributed by atoms with Crippen LogP contribution in [0.1, 0.15) is 63.5 Å². The fraction of sp³-hybridized carbons (Fsp3) is 0.324. The number of piperidine rings is 1. The maximum absolute atomic E-state index is 14.4. The average molecular weight is 695 g/mol. The molecule has 2 fully saturated rings. The zero-order chi connectivity index (χ0) is 34.6. The normalized spacial score (nSPS) is 18.7. The summed E-state index contributed by atoms with van der Waals surface area (Å²) in [6.07, 6.45) is 1.78. The molecule has 2 aromatic heterocycles. The van der Waals surface area contributed by atoms with Crippen molar-refractivity contribution >= 4 is 27.5 Å². The number of rotatable bonds is 7. The van der Waals surface area contributed by atoms with E-state index in [1.165, 1.54) is 47.2 Å². The fourth-order valence-corrected chi connectivity index (χ4v) is 8.98. The minimum Gasteiger partial charge on any atom is -0.346 e. The number of sulfonamides is 1. The summed E-state index contributed by atoms with van der Waals surface area (Å²) in [5.41, 5.74) is -1.01. The van der Waals surface area contributed by atoms with Crippen molar-refractivity contribution in [2.75, 3.05) is 17.4 Å². The Morgan fingerprint density at radius 3 is 2.24 bits per heavy atom. The molecule has 1 spiro atoms. The van der Waals surface area contributed by atoms with Crippen LogP contribution in [-0.2, 0) is 28.2 Å². The van der Waals surface area contributed by atoms with Crippen molar-refractivity contribution in [3.8, 4) is 0 Å². The molecule has 1 saturated carbocycles. The molecule has 1 aliphatic carbocycles. The van der Waals surface area contributed by atoms with Gasteiger partial charge >= 0.3 is 6.18 Å². The van der Waals surface area contributed by atoms with Gasteiger partial charge in [0, 0.05) is 42.7 Å². The largest absolute Gasteiger partial charge is 0.418 e. The molecule has 3 aliphatic rings. The molecule has 254 valence electrons. The number of fused-ring (bicyclic) bond motifs is 2. The van der Waals surface area contributed by atoms with E-state index in [1.54, 1.807) is 23.1 Å². The monoisotopic (exact) mass is 694 g/mol. The maximum atomic E-state index is 14.4. The number of carbonyl (C=O) groups excluding carboxylic acids is 2. The first kappa shape index (κ1) is 32.6. The van der Waals surface area contributed by atoms with E-state index in [4.69, 9.17) is 0 Å². The number of anilines is 1. The Balaban J connectivity index is 1.26. The van der Waals surface area contributed by atoms with Gasteiger partial charge in [0.1, 0.15) is 5.82 Å². The quantitative estimate of drug-likeness (QED) is 0.266. The number of likely N-dealkylation sites (tertiary alicyclic amines) is 1. The minimum atomic E-state index is -4.66. The molecule has 0 radical (unpaired) electrons. The summed E-state index contributed by atoms with van der Waals surface area (Å²) in [6, 6.07) is 12.3. The van der Waals surface area contributed by atoms with Gasteiger partial charge in [0.25, 0.3) is 21.8 Å². The van der Waals surface area contributed by atoms with Crippen LogP contribution in [0.4, 0.5) is 23.2 Å². The van der Waals surface area contributed by atoms with E-state index >= 15 is 0 Å². The standard InChI is InChI=1S/C34H30F4N6O4S/c35-23-7-9-24(10-8-23)49(47,48)44-28-11-6-22(31(45)42-20-27-25(34(36,37)38)3-1-14-39-27)19-26(28)33(29(44)21-4-5-21)12-17-43(18-13-33)32(46)30-40-15-2-16-41-30/h1-3,6-11,14-16,19,21,29H,4-5,12-13,17-18,20H2,(H,42,45). The molecule has 1 unspecified atom stereocenters. The van der Waals surface area contributed by atoms with Crippen molar-refractivity contribution < 1.29 is 35.6 Å². The van der Waals surface area contributed by atoms with E-state index < -0.39 is 51.5 Å². The number of benzene rings is 2. The number of amides is 2. The smallest absolute Gasteiger partial charge is 0.346 e. The van der Waals surface area contributed by atoms with Crippen LogP contribution in [-0.4, -0.2) is 59.2 Å². The molecular weight excluding hydrogens is 664 g/mol. The fourth-order valence-electron chi connectivity index (χ4n) is 7.18. The highest BCUT2D eigenvalue weighted by atomic mass is 32.2. The second-order valence-electron chi connectivity index (χ2n) is 12.5. The topological polar surface area (TPSA) is 125 Å². The van der Waals surface area contributed by atoms with E-state index in [-0.39, 0.29) is 46.9 Å². The Morgan fingerprint density at radius 2 is 1.59 bits per heavy atom. The number of nitrogens with zero attached hydrogens (tertiary/aromatic N) is 5. The lowest BCUT2D eigenvalue weighted by molar-refractivity contribution is -0.138. The van der Waals surface area contributed by atoms with Crippen molar-refractivity contribution in [2.45, 2.75) is 54.8 Å². The highest BCUT2D eigenvalue weighted by Gasteiger charge is 2.60. The summed E-state index contributed by atoms with van der Waals surface area (Å²) in [4.78, 5) is 40.2. The van der Waals surface area contributed by atoms with Crippen molar-refractivity contribution in [1.29, 1.82) is 0 Å². The van der Waals surface area contributed by atoms with Crippen LogP contribution in [0.3, 0.4) is 0 Å². The van der Waals surface area contributed by atoms with Crippen LogP contribution in [0.2, 0.25) is 0 Å². The van der Waals surface area contributed by atoms with E-state index in [0.29, 0.717) is 24.1 Å². The van der Waals surface area contributed by atoms with Crippen LogP contribution in [0.15, 0.2) is 84.1 Å². The Hall–Kier alpha value is -4.92. The van der Waals surface area contributed by atoms with Gasteiger partial charge in [-0.05, 0) is 97.8 Å². The van der Waals surface area contributed by atoms with Crippen LogP contribution in [0.25, 0.3) is 0 Å². The molecule has 7 rings (SSSR count). The van der Waals surface area contributed by atoms with Crippen molar-refractivity contribution in [3.05, 3.63) is 113 Å². The van der Waals surface area contributed by atoms with Gasteiger partial charge in [-0.2, -0.15) is 13.2 Å². The Kier molecular flexibility index (Phi) is 8.12. The number of aromatic nitrogens is 3. The van der Waals surface area contributed by atoms with Gasteiger partial charge in [-0.15, -0.1) is 0 Å². The van der Waals surface area contributed by atoms with E-state index in [0.717, 1.165) is 31.0 Å². The second kappa shape index (κ2) is 12.2. The first-order valence-electron chi connectivity index (χ1n) is 15.7. The number of carbonyl (C=O) groups is 2. The molecule has 49 heavy (non-hydrogen) atoms. The third-order valence-corrected chi connectivity index (χ3v) is 11.4. The number of hydrogen-bond donors (Lipinski definition) is 1. The predicted molar refractivity (Wildman–Crippen MR) is 168 cm³/mol. The molecule has 4 heterocycles. The Labute approximate surface area is 279 Å². The number of pyridine rings is 1. The third kappa shape index (κ3) is 5.89. The van der Waals surface area contributed by atoms with E-state index in [1.807, 2.05) is 0 Å². The molecule has 0 bridgehead atoms. The van der Waals surface area contributed by atoms with Gasteiger partial charge in [-0.1, -0.05) is 0 Å². The lowest BCUT2D eigenvalue weighted by Crippen LogP contribution is -2.54. The summed E-state index contributed by atoms with van der Waals surface area (Å²) in [5.74, 6) is -1.56. The zero-order valence-electron chi connectivity index (χ0n) is 25.9. The number of halogens is 4. The van der Waals surface area contributed by atoms with E-state index in [2.05, 4.69) is 20.3 Å². The first-order chi connectivity index (χ1) is 23.4. The third-order valence-electron chi connectivity index (χ3n) is 9.60. The van der Waals surface area contributed by atoms with Crippen LogP contribution < -0.4 is 9.62 Å². The summed E-state index contributed by atoms with van der Waals surface area (Å²) in [7, 11) is -4.22. The van der Waals surface area contributed by atoms with Gasteiger partial charge in [-0.3, -0.25) is 18.9 Å². The summed E-state index contributed by atoms with van der Waals surface area (Å²) >= 11 is 0. The highest BCUT2D eigenvalue weighted by molar-refractivity contribution is 7.92. The van der Waals surface area contributed by atoms with Crippen molar-refractivity contribution in [2.24, 2.45) is 5.92 Å². The molecule has 1 atom stereocenters. The minimum absolute atomic E-state index is 0.00967. The Bertz CT molecular complexity index is 2020. The van der Waals surface area contributed by atoms with Crippen LogP contribution in [0, 0.1) is 11.7 Å². The van der Waals surface area contributed by atoms with Gasteiger partial charge < -0.3 is 10.2 Å². The van der Waals surface area contributed by atoms with Crippen molar-refractivity contribution in [1.82, 2.24) is 25.2 Å². The molecule has 4 aromatic rings. The summed E-state index contributed by atoms with van der Waals surface area (Å²) in [6.45, 7) is 0.0478. The lowest BCUT2D eigenvalue weighted by atomic mass is 9.68. The molecule has 1 saturated heterocycles. The molecule has 2 amide bonds. The molecule has 2 aliphatic heterocycles. The first-order valence-corrected chi connectivity index (χ1v) is 17.1. The molecule has 15 heteroatoms. The second-order valence-corrected chi connectivity index (χ2v) is 14.3. The van der Waals surface area contributed by atoms with Gasteiger partial charge in [0.15, 0.2) is 0 Å². The molecule has 1 N–H and O–H groups in total. The van der Waals surface area contributed by atoms with Gasteiger partial charge in [0.2, 0.25) is 5.82 Å². The highest BCUT2D eigenvalue weighted by Crippen LogP contribution is 2.59. The predicted octanol–water partition coefficient (Wildman–Crippen LogP) is 5.12. The van der Waals surface area contributed by atoms with Crippen molar-refractivity contribution in [3.63, 3.8) is 0 Å². The van der Waals surface area contributed by atoms with Crippen LogP contribution >= 0.6 is 0 Å². The molecule has 10 nitrogen and oxygen atoms in total. The van der Waals surface area contributed by atoms with Crippen LogP contribution in [0.5, 0.6) is 0 Å². The van der Waals surface area contributed by atoms with E-state index in [9.17, 15) is 35.6 Å². The molecular formula is C34H30F4N6O4S. The SMILES string of the molecule is O=C(NCc1ncccc1C(F)(F)F)c1ccc2c(c1)C1(CCN(C(=O)c3ncccn3)CC1)C(C1CC1)N2S(=O)(=O)c1ccc(F)cc1. The van der Waals surface area contributed by atoms with Gasteiger partial charge in [0.05, 0.1) is 34.4 Å². The Morgan fingerprint density at radius 1 is 0.918 bits per heavy atom.